The Morgan fingerprint density at radius 2 is 1.72 bits per heavy atom. The van der Waals surface area contributed by atoms with Gasteiger partial charge in [-0.3, -0.25) is 9.47 Å². The topological polar surface area (TPSA) is 88.5 Å². The first-order valence-electron chi connectivity index (χ1n) is 11.1. The number of aromatic amines is 1. The molecule has 0 amide bonds. The van der Waals surface area contributed by atoms with Crippen molar-refractivity contribution < 1.29 is 9.47 Å². The van der Waals surface area contributed by atoms with Gasteiger partial charge < -0.3 is 19.4 Å². The molecular formula is C23H30N6O3. The molecule has 0 saturated carbocycles. The third-order valence-corrected chi connectivity index (χ3v) is 6.52. The molecule has 0 spiro atoms. The monoisotopic (exact) mass is 438 g/mol. The number of fused-ring (bicyclic) bond motifs is 2. The van der Waals surface area contributed by atoms with Gasteiger partial charge in [-0.05, 0) is 30.0 Å². The Morgan fingerprint density at radius 3 is 2.41 bits per heavy atom. The minimum absolute atomic E-state index is 0.207. The number of nitrogens with one attached hydrogen (secondary N) is 1. The van der Waals surface area contributed by atoms with Crippen molar-refractivity contribution in [1.82, 2.24) is 29.3 Å². The third kappa shape index (κ3) is 4.41. The quantitative estimate of drug-likeness (QED) is 0.529. The number of hydrogen-bond acceptors (Lipinski definition) is 7. The van der Waals surface area contributed by atoms with Crippen LogP contribution in [0, 0.1) is 11.8 Å². The van der Waals surface area contributed by atoms with E-state index in [2.05, 4.69) is 56.1 Å². The van der Waals surface area contributed by atoms with Gasteiger partial charge >= 0.3 is 11.7 Å². The van der Waals surface area contributed by atoms with Gasteiger partial charge in [0, 0.05) is 39.8 Å². The Morgan fingerprint density at radius 1 is 1.03 bits per heavy atom. The lowest BCUT2D eigenvalue weighted by Gasteiger charge is -2.19. The minimum atomic E-state index is -0.207. The molecule has 9 heteroatoms. The highest BCUT2D eigenvalue weighted by molar-refractivity contribution is 5.69. The van der Waals surface area contributed by atoms with E-state index >= 15 is 0 Å². The lowest BCUT2D eigenvalue weighted by molar-refractivity contribution is 0.141. The van der Waals surface area contributed by atoms with E-state index in [-0.39, 0.29) is 11.7 Å². The van der Waals surface area contributed by atoms with E-state index < -0.39 is 0 Å². The average molecular weight is 439 g/mol. The number of rotatable bonds is 8. The molecule has 0 bridgehead atoms. The van der Waals surface area contributed by atoms with E-state index in [0.717, 1.165) is 23.9 Å². The van der Waals surface area contributed by atoms with Crippen molar-refractivity contribution in [2.24, 2.45) is 11.8 Å². The largest absolute Gasteiger partial charge is 0.461 e. The van der Waals surface area contributed by atoms with Crippen LogP contribution in [0.25, 0.3) is 11.2 Å². The maximum absolute atomic E-state index is 12.5. The molecule has 0 radical (unpaired) electrons. The Bertz CT molecular complexity index is 1110. The highest BCUT2D eigenvalue weighted by Gasteiger charge is 2.38. The normalized spacial score (nSPS) is 21.4. The number of aromatic nitrogens is 4. The van der Waals surface area contributed by atoms with Crippen molar-refractivity contribution in [1.29, 1.82) is 0 Å². The maximum atomic E-state index is 12.5. The second-order valence-electron chi connectivity index (χ2n) is 9.00. The number of nitrogens with zero attached hydrogens (tertiary/aromatic N) is 5. The summed E-state index contributed by atoms with van der Waals surface area (Å²) in [6.45, 7) is 7.06. The first-order valence-corrected chi connectivity index (χ1v) is 11.1. The summed E-state index contributed by atoms with van der Waals surface area (Å²) >= 11 is 0. The Kier molecular flexibility index (Phi) is 5.95. The molecule has 2 aliphatic heterocycles. The van der Waals surface area contributed by atoms with Crippen molar-refractivity contribution in [3.8, 4) is 6.01 Å². The van der Waals surface area contributed by atoms with Crippen LogP contribution in [-0.2, 0) is 17.8 Å². The molecule has 0 unspecified atom stereocenters. The van der Waals surface area contributed by atoms with Gasteiger partial charge in [0.25, 0.3) is 0 Å². The molecule has 2 aliphatic rings. The van der Waals surface area contributed by atoms with E-state index in [4.69, 9.17) is 9.47 Å². The number of hydrogen-bond donors (Lipinski definition) is 1. The van der Waals surface area contributed by atoms with Gasteiger partial charge in [0.2, 0.25) is 0 Å². The number of likely N-dealkylation sites (tertiary alicyclic amines) is 2. The predicted molar refractivity (Wildman–Crippen MR) is 121 cm³/mol. The molecule has 1 aromatic carbocycles. The van der Waals surface area contributed by atoms with Gasteiger partial charge in [-0.1, -0.05) is 24.3 Å². The van der Waals surface area contributed by atoms with Crippen molar-refractivity contribution in [3.05, 3.63) is 52.1 Å². The zero-order valence-electron chi connectivity index (χ0n) is 18.7. The lowest BCUT2D eigenvalue weighted by atomic mass is 10.0. The summed E-state index contributed by atoms with van der Waals surface area (Å²) in [7, 11) is 3.83. The van der Waals surface area contributed by atoms with Crippen LogP contribution in [0.4, 0.5) is 0 Å². The summed E-state index contributed by atoms with van der Waals surface area (Å²) in [5, 5.41) is 0. The van der Waals surface area contributed by atoms with Gasteiger partial charge in [-0.2, -0.15) is 4.98 Å². The van der Waals surface area contributed by atoms with Crippen molar-refractivity contribution in [2.45, 2.75) is 13.1 Å². The average Bonchev–Trinajstić information content (AvgIpc) is 3.40. The van der Waals surface area contributed by atoms with Crippen LogP contribution < -0.4 is 10.4 Å². The van der Waals surface area contributed by atoms with Gasteiger partial charge in [0.15, 0.2) is 5.65 Å². The second-order valence-corrected chi connectivity index (χ2v) is 9.00. The van der Waals surface area contributed by atoms with Crippen LogP contribution in [0.5, 0.6) is 6.01 Å². The van der Waals surface area contributed by atoms with E-state index in [1.807, 2.05) is 0 Å². The number of ether oxygens (including phenoxy) is 2. The summed E-state index contributed by atoms with van der Waals surface area (Å²) in [5.74, 6) is 1.64. The first-order chi connectivity index (χ1) is 15.6. The highest BCUT2D eigenvalue weighted by atomic mass is 16.5. The molecule has 2 atom stereocenters. The van der Waals surface area contributed by atoms with Crippen LogP contribution >= 0.6 is 0 Å². The zero-order chi connectivity index (χ0) is 22.1. The third-order valence-electron chi connectivity index (χ3n) is 6.52. The molecular weight excluding hydrogens is 408 g/mol. The molecule has 170 valence electrons. The molecule has 3 aromatic rings. The van der Waals surface area contributed by atoms with Crippen LogP contribution in [0.3, 0.4) is 0 Å². The molecule has 9 nitrogen and oxygen atoms in total. The molecule has 2 aromatic heterocycles. The van der Waals surface area contributed by atoms with Gasteiger partial charge in [0.1, 0.15) is 12.1 Å². The summed E-state index contributed by atoms with van der Waals surface area (Å²) in [6.07, 6.45) is 1.58. The van der Waals surface area contributed by atoms with E-state index in [1.165, 1.54) is 31.7 Å². The Balaban J connectivity index is 1.25. The number of H-pyrrole nitrogens is 1. The fraction of sp³-hybridized carbons (Fsp3) is 0.522. The van der Waals surface area contributed by atoms with Crippen molar-refractivity contribution in [3.63, 3.8) is 0 Å². The van der Waals surface area contributed by atoms with Crippen LogP contribution in [0.1, 0.15) is 11.1 Å². The fourth-order valence-electron chi connectivity index (χ4n) is 5.01. The zero-order valence-corrected chi connectivity index (χ0v) is 18.7. The molecule has 32 heavy (non-hydrogen) atoms. The summed E-state index contributed by atoms with van der Waals surface area (Å²) in [6, 6.07) is 8.78. The van der Waals surface area contributed by atoms with Gasteiger partial charge in [0.05, 0.1) is 19.3 Å². The van der Waals surface area contributed by atoms with E-state index in [9.17, 15) is 4.79 Å². The highest BCUT2D eigenvalue weighted by Crippen LogP contribution is 2.31. The first kappa shape index (κ1) is 21.1. The summed E-state index contributed by atoms with van der Waals surface area (Å²) in [4.78, 5) is 28.9. The van der Waals surface area contributed by atoms with E-state index in [0.29, 0.717) is 30.9 Å². The van der Waals surface area contributed by atoms with Crippen LogP contribution in [-0.4, -0.2) is 82.9 Å². The standard InChI is InChI=1S/C23H30N6O3/c1-27-12-18-14-28(15-19(18)13-27)10-16-3-5-17(6-4-16)11-29-21-20(25-23(29)30)9-24-22(26-21)32-8-7-31-2/h3-6,9,18-19H,7-8,10-15H2,1-2H3,(H,25,30)/t18-,19+. The SMILES string of the molecule is COCCOc1ncc2[nH]c(=O)n(Cc3ccc(CN4C[C@H]5CN(C)C[C@H]5C4)cc3)c2n1. The molecule has 4 heterocycles. The van der Waals surface area contributed by atoms with Gasteiger partial charge in [-0.15, -0.1) is 0 Å². The number of benzene rings is 1. The van der Waals surface area contributed by atoms with Crippen LogP contribution in [0.2, 0.25) is 0 Å². The van der Waals surface area contributed by atoms with Crippen molar-refractivity contribution in [2.75, 3.05) is 53.6 Å². The van der Waals surface area contributed by atoms with Gasteiger partial charge in [-0.25, -0.2) is 9.78 Å². The predicted octanol–water partition coefficient (Wildman–Crippen LogP) is 1.19. The molecule has 5 rings (SSSR count). The molecule has 2 saturated heterocycles. The van der Waals surface area contributed by atoms with Crippen LogP contribution in [0.15, 0.2) is 35.3 Å². The molecule has 2 fully saturated rings. The molecule has 0 aliphatic carbocycles. The smallest absolute Gasteiger partial charge is 0.328 e. The van der Waals surface area contributed by atoms with E-state index in [1.54, 1.807) is 17.9 Å². The molecule has 1 N–H and O–H groups in total. The summed E-state index contributed by atoms with van der Waals surface area (Å²) < 4.78 is 12.1. The second kappa shape index (κ2) is 9.01. The number of imidazole rings is 1. The van der Waals surface area contributed by atoms with Crippen molar-refractivity contribution >= 4 is 11.2 Å². The lowest BCUT2D eigenvalue weighted by Crippen LogP contribution is -2.26. The maximum Gasteiger partial charge on any atom is 0.328 e. The Labute approximate surface area is 187 Å². The summed E-state index contributed by atoms with van der Waals surface area (Å²) in [5.41, 5.74) is 3.29. The Hall–Kier alpha value is -2.75. The minimum Gasteiger partial charge on any atom is -0.461 e. The fourth-order valence-corrected chi connectivity index (χ4v) is 5.01. The number of methoxy groups -OCH3 is 1.